The minimum atomic E-state index is -0.264. The van der Waals surface area contributed by atoms with Gasteiger partial charge in [0.05, 0.1) is 33.0 Å². The van der Waals surface area contributed by atoms with E-state index in [1.165, 1.54) is 37.2 Å². The molecular weight excluding hydrogens is 506 g/mol. The third-order valence-electron chi connectivity index (χ3n) is 5.83. The molecule has 5 aromatic rings. The highest BCUT2D eigenvalue weighted by Crippen LogP contribution is 2.40. The van der Waals surface area contributed by atoms with Crippen LogP contribution in [-0.2, 0) is 6.61 Å². The first kappa shape index (κ1) is 25.1. The minimum Gasteiger partial charge on any atom is -0.493 e. The lowest BCUT2D eigenvalue weighted by Gasteiger charge is -2.12. The van der Waals surface area contributed by atoms with Gasteiger partial charge in [0, 0.05) is 5.56 Å². The molecule has 0 radical (unpaired) electrons. The van der Waals surface area contributed by atoms with Crippen molar-refractivity contribution in [3.05, 3.63) is 86.7 Å². The average molecular weight is 532 g/mol. The van der Waals surface area contributed by atoms with Crippen LogP contribution in [0.15, 0.2) is 65.5 Å². The minimum absolute atomic E-state index is 0.264. The number of ether oxygens (including phenoxy) is 5. The van der Waals surface area contributed by atoms with E-state index in [-0.39, 0.29) is 5.56 Å². The van der Waals surface area contributed by atoms with Crippen molar-refractivity contribution in [2.45, 2.75) is 6.61 Å². The summed E-state index contributed by atoms with van der Waals surface area (Å²) in [6.07, 6.45) is 1.78. The average Bonchev–Trinajstić information content (AvgIpc) is 3.50. The molecule has 0 spiro atoms. The molecule has 5 rings (SSSR count). The van der Waals surface area contributed by atoms with E-state index in [1.807, 2.05) is 48.5 Å². The molecule has 0 saturated heterocycles. The van der Waals surface area contributed by atoms with Crippen molar-refractivity contribution in [3.63, 3.8) is 0 Å². The summed E-state index contributed by atoms with van der Waals surface area (Å²) >= 11 is 1.25. The van der Waals surface area contributed by atoms with Crippen molar-refractivity contribution in [2.75, 3.05) is 28.4 Å². The maximum absolute atomic E-state index is 13.1. The van der Waals surface area contributed by atoms with E-state index in [0.29, 0.717) is 56.2 Å². The zero-order valence-electron chi connectivity index (χ0n) is 21.3. The van der Waals surface area contributed by atoms with Crippen LogP contribution in [0.2, 0.25) is 0 Å². The molecule has 0 saturated carbocycles. The molecule has 0 amide bonds. The molecule has 0 unspecified atom stereocenters. The second kappa shape index (κ2) is 10.8. The van der Waals surface area contributed by atoms with Gasteiger partial charge in [-0.25, -0.2) is 0 Å². The van der Waals surface area contributed by atoms with Gasteiger partial charge in [0.15, 0.2) is 28.8 Å². The molecule has 38 heavy (non-hydrogen) atoms. The molecule has 0 fully saturated rings. The highest BCUT2D eigenvalue weighted by molar-refractivity contribution is 7.15. The van der Waals surface area contributed by atoms with Gasteiger partial charge >= 0.3 is 0 Å². The fourth-order valence-corrected chi connectivity index (χ4v) is 4.85. The van der Waals surface area contributed by atoms with Crippen molar-refractivity contribution in [3.8, 4) is 40.1 Å². The lowest BCUT2D eigenvalue weighted by Crippen LogP contribution is -2.23. The van der Waals surface area contributed by atoms with Crippen molar-refractivity contribution >= 4 is 22.4 Å². The normalized spacial score (nSPS) is 11.5. The second-order valence-electron chi connectivity index (χ2n) is 8.14. The summed E-state index contributed by atoms with van der Waals surface area (Å²) < 4.78 is 29.5. The highest BCUT2D eigenvalue weighted by Gasteiger charge is 2.18. The Morgan fingerprint density at radius 3 is 2.18 bits per heavy atom. The number of hydrogen-bond acceptors (Lipinski definition) is 9. The molecule has 0 bridgehead atoms. The van der Waals surface area contributed by atoms with Crippen LogP contribution in [0.1, 0.15) is 11.1 Å². The second-order valence-corrected chi connectivity index (χ2v) is 9.15. The number of aromatic nitrogens is 3. The molecule has 9 nitrogen and oxygen atoms in total. The molecule has 3 aromatic carbocycles. The zero-order chi connectivity index (χ0) is 26.6. The number of fused-ring (bicyclic) bond motifs is 1. The van der Waals surface area contributed by atoms with E-state index in [4.69, 9.17) is 23.7 Å². The molecule has 0 N–H and O–H groups in total. The van der Waals surface area contributed by atoms with Crippen LogP contribution in [0.5, 0.6) is 28.7 Å². The number of thiazole rings is 1. The van der Waals surface area contributed by atoms with E-state index in [1.54, 1.807) is 25.3 Å². The van der Waals surface area contributed by atoms with Gasteiger partial charge < -0.3 is 23.7 Å². The Morgan fingerprint density at radius 1 is 0.842 bits per heavy atom. The fourth-order valence-electron chi connectivity index (χ4n) is 3.95. The summed E-state index contributed by atoms with van der Waals surface area (Å²) in [7, 11) is 6.19. The fraction of sp³-hybridized carbons (Fsp3) is 0.179. The number of methoxy groups -OCH3 is 4. The Morgan fingerprint density at radius 2 is 1.55 bits per heavy atom. The third-order valence-corrected chi connectivity index (χ3v) is 6.79. The van der Waals surface area contributed by atoms with Crippen molar-refractivity contribution in [1.82, 2.24) is 14.6 Å². The van der Waals surface area contributed by atoms with Gasteiger partial charge in [0.25, 0.3) is 5.56 Å². The van der Waals surface area contributed by atoms with Gasteiger partial charge in [-0.1, -0.05) is 47.7 Å². The number of nitrogens with zero attached hydrogens (tertiary/aromatic N) is 3. The molecule has 0 aliphatic heterocycles. The lowest BCUT2D eigenvalue weighted by molar-refractivity contribution is 0.284. The summed E-state index contributed by atoms with van der Waals surface area (Å²) in [5.41, 5.74) is 2.22. The van der Waals surface area contributed by atoms with Gasteiger partial charge in [-0.2, -0.15) is 9.50 Å². The summed E-state index contributed by atoms with van der Waals surface area (Å²) in [6.45, 7) is 0.424. The predicted molar refractivity (Wildman–Crippen MR) is 145 cm³/mol. The monoisotopic (exact) mass is 531 g/mol. The van der Waals surface area contributed by atoms with Crippen LogP contribution in [-0.4, -0.2) is 43.0 Å². The largest absolute Gasteiger partial charge is 0.493 e. The van der Waals surface area contributed by atoms with Gasteiger partial charge in [-0.15, -0.1) is 5.10 Å². The Bertz CT molecular complexity index is 1670. The topological polar surface area (TPSA) is 93.4 Å². The van der Waals surface area contributed by atoms with Gasteiger partial charge in [-0.3, -0.25) is 4.79 Å². The lowest BCUT2D eigenvalue weighted by atomic mass is 10.1. The maximum Gasteiger partial charge on any atom is 0.291 e. The van der Waals surface area contributed by atoms with Crippen molar-refractivity contribution < 1.29 is 23.7 Å². The Hall–Kier alpha value is -4.57. The van der Waals surface area contributed by atoms with Crippen molar-refractivity contribution in [1.29, 1.82) is 0 Å². The first-order chi connectivity index (χ1) is 18.5. The number of benzene rings is 3. The van der Waals surface area contributed by atoms with Gasteiger partial charge in [0.2, 0.25) is 10.7 Å². The standard InChI is InChI=1S/C28H25N3O6S/c1-33-21-12-18(10-11-20(21)37-16-17-8-6-5-7-9-17)13-24-27(32)31-28(38-24)29-26(30-31)19-14-22(34-2)25(36-4)23(15-19)35-3/h5-15H,16H2,1-4H3. The third kappa shape index (κ3) is 4.85. The molecule has 194 valence electrons. The van der Waals surface area contributed by atoms with Crippen LogP contribution in [0.25, 0.3) is 22.4 Å². The molecular formula is C28H25N3O6S. The first-order valence-electron chi connectivity index (χ1n) is 11.6. The highest BCUT2D eigenvalue weighted by atomic mass is 32.1. The number of rotatable bonds is 9. The summed E-state index contributed by atoms with van der Waals surface area (Å²) in [5.74, 6) is 2.98. The van der Waals surface area contributed by atoms with E-state index >= 15 is 0 Å². The van der Waals surface area contributed by atoms with Crippen LogP contribution >= 0.6 is 11.3 Å². The summed E-state index contributed by atoms with van der Waals surface area (Å²) in [5, 5.41) is 4.44. The molecule has 0 aliphatic carbocycles. The Balaban J connectivity index is 1.45. The maximum atomic E-state index is 13.1. The zero-order valence-corrected chi connectivity index (χ0v) is 22.1. The molecule has 10 heteroatoms. The number of hydrogen-bond donors (Lipinski definition) is 0. The van der Waals surface area contributed by atoms with Crippen LogP contribution in [0, 0.1) is 0 Å². The van der Waals surface area contributed by atoms with Gasteiger partial charge in [0.1, 0.15) is 6.61 Å². The van der Waals surface area contributed by atoms with E-state index in [9.17, 15) is 4.79 Å². The van der Waals surface area contributed by atoms with E-state index < -0.39 is 0 Å². The van der Waals surface area contributed by atoms with Crippen molar-refractivity contribution in [2.24, 2.45) is 0 Å². The SMILES string of the molecule is COc1cc(C=c2sc3nc(-c4cc(OC)c(OC)c(OC)c4)nn3c2=O)ccc1OCc1ccccc1. The molecule has 2 aromatic heterocycles. The Labute approximate surface area is 222 Å². The molecule has 0 aliphatic rings. The van der Waals surface area contributed by atoms with E-state index in [2.05, 4.69) is 10.1 Å². The smallest absolute Gasteiger partial charge is 0.291 e. The van der Waals surface area contributed by atoms with Crippen LogP contribution in [0.3, 0.4) is 0 Å². The molecule has 2 heterocycles. The quantitative estimate of drug-likeness (QED) is 0.282. The van der Waals surface area contributed by atoms with Gasteiger partial charge in [-0.05, 0) is 41.5 Å². The first-order valence-corrected chi connectivity index (χ1v) is 12.4. The Kier molecular flexibility index (Phi) is 7.14. The summed E-state index contributed by atoms with van der Waals surface area (Å²) in [6, 6.07) is 18.9. The van der Waals surface area contributed by atoms with Crippen LogP contribution < -0.4 is 33.8 Å². The summed E-state index contributed by atoms with van der Waals surface area (Å²) in [4.78, 5) is 18.2. The predicted octanol–water partition coefficient (Wildman–Crippen LogP) is 3.98. The van der Waals surface area contributed by atoms with E-state index in [0.717, 1.165) is 11.1 Å². The van der Waals surface area contributed by atoms with Crippen LogP contribution in [0.4, 0.5) is 0 Å². The molecule has 0 atom stereocenters.